The van der Waals surface area contributed by atoms with Gasteiger partial charge in [0.1, 0.15) is 5.75 Å². The largest absolute Gasteiger partial charge is 0.484 e. The Bertz CT molecular complexity index is 818. The van der Waals surface area contributed by atoms with Crippen LogP contribution in [0.4, 0.5) is 23.7 Å². The van der Waals surface area contributed by atoms with E-state index in [1.54, 1.807) is 6.07 Å². The van der Waals surface area contributed by atoms with Crippen molar-refractivity contribution in [2.45, 2.75) is 18.8 Å². The van der Waals surface area contributed by atoms with Gasteiger partial charge >= 0.3 is 12.2 Å². The van der Waals surface area contributed by atoms with Crippen molar-refractivity contribution in [1.82, 2.24) is 10.2 Å². The van der Waals surface area contributed by atoms with Gasteiger partial charge in [-0.2, -0.15) is 13.2 Å². The zero-order chi connectivity index (χ0) is 21.4. The normalized spacial score (nSPS) is 17.4. The van der Waals surface area contributed by atoms with E-state index < -0.39 is 18.8 Å². The Morgan fingerprint density at radius 1 is 1.17 bits per heavy atom. The van der Waals surface area contributed by atoms with Crippen LogP contribution in [0.5, 0.6) is 5.75 Å². The number of benzene rings is 2. The summed E-state index contributed by atoms with van der Waals surface area (Å²) in [5, 5.41) is 5.33. The Kier molecular flexibility index (Phi) is 7.53. The molecule has 9 heteroatoms. The van der Waals surface area contributed by atoms with E-state index in [1.807, 2.05) is 18.2 Å². The van der Waals surface area contributed by atoms with Crippen molar-refractivity contribution in [3.05, 3.63) is 60.2 Å². The van der Waals surface area contributed by atoms with Crippen LogP contribution in [-0.2, 0) is 11.3 Å². The van der Waals surface area contributed by atoms with Gasteiger partial charge in [0.05, 0.1) is 12.7 Å². The molecule has 1 unspecified atom stereocenters. The number of urea groups is 1. The average Bonchev–Trinajstić information content (AvgIpc) is 2.72. The fourth-order valence-corrected chi connectivity index (χ4v) is 3.10. The maximum Gasteiger partial charge on any atom is 0.422 e. The Morgan fingerprint density at radius 3 is 2.73 bits per heavy atom. The molecule has 0 spiro atoms. The number of carbonyl (C=O) groups is 1. The lowest BCUT2D eigenvalue weighted by atomic mass is 10.2. The van der Waals surface area contributed by atoms with Gasteiger partial charge in [-0.1, -0.05) is 36.4 Å². The van der Waals surface area contributed by atoms with E-state index in [4.69, 9.17) is 4.74 Å². The van der Waals surface area contributed by atoms with Crippen LogP contribution in [0.25, 0.3) is 0 Å². The number of hydrogen-bond acceptors (Lipinski definition) is 4. The number of hydrogen-bond donors (Lipinski definition) is 2. The van der Waals surface area contributed by atoms with Crippen molar-refractivity contribution in [2.75, 3.05) is 38.2 Å². The molecule has 2 aromatic rings. The zero-order valence-electron chi connectivity index (χ0n) is 16.3. The highest BCUT2D eigenvalue weighted by molar-refractivity contribution is 5.89. The molecule has 30 heavy (non-hydrogen) atoms. The van der Waals surface area contributed by atoms with Crippen molar-refractivity contribution in [3.8, 4) is 5.75 Å². The van der Waals surface area contributed by atoms with Gasteiger partial charge in [0, 0.05) is 37.9 Å². The third kappa shape index (κ3) is 7.57. The predicted octanol–water partition coefficient (Wildman–Crippen LogP) is 3.65. The molecule has 0 aliphatic carbocycles. The summed E-state index contributed by atoms with van der Waals surface area (Å²) < 4.78 is 47.2. The van der Waals surface area contributed by atoms with Gasteiger partial charge in [-0.05, 0) is 17.7 Å². The minimum atomic E-state index is -4.42. The number of amides is 2. The van der Waals surface area contributed by atoms with Gasteiger partial charge in [0.25, 0.3) is 0 Å². The van der Waals surface area contributed by atoms with E-state index in [-0.39, 0.29) is 11.9 Å². The third-order valence-electron chi connectivity index (χ3n) is 4.46. The first-order valence-corrected chi connectivity index (χ1v) is 9.60. The second-order valence-electron chi connectivity index (χ2n) is 6.98. The molecule has 162 valence electrons. The second kappa shape index (κ2) is 10.3. The molecule has 0 bridgehead atoms. The smallest absolute Gasteiger partial charge is 0.422 e. The standard InChI is InChI=1S/C21H24F3N3O3/c22-21(23,24)15-30-18-8-4-7-17(11-18)26-20(28)25-12-19-14-27(9-10-29-19)13-16-5-2-1-3-6-16/h1-8,11,19H,9-10,12-15H2,(H2,25,26,28). The van der Waals surface area contributed by atoms with Crippen molar-refractivity contribution >= 4 is 11.7 Å². The first kappa shape index (κ1) is 21.9. The van der Waals surface area contributed by atoms with E-state index in [2.05, 4.69) is 32.4 Å². The summed E-state index contributed by atoms with van der Waals surface area (Å²) in [5.74, 6) is 0.0253. The molecule has 2 amide bonds. The number of morpholine rings is 1. The van der Waals surface area contributed by atoms with Gasteiger partial charge < -0.3 is 20.1 Å². The highest BCUT2D eigenvalue weighted by atomic mass is 19.4. The van der Waals surface area contributed by atoms with Gasteiger partial charge in [0.15, 0.2) is 6.61 Å². The lowest BCUT2D eigenvalue weighted by Crippen LogP contribution is -2.47. The Morgan fingerprint density at radius 2 is 1.97 bits per heavy atom. The predicted molar refractivity (Wildman–Crippen MR) is 106 cm³/mol. The van der Waals surface area contributed by atoms with Crippen LogP contribution in [0.15, 0.2) is 54.6 Å². The first-order valence-electron chi connectivity index (χ1n) is 9.60. The van der Waals surface area contributed by atoms with Gasteiger partial charge in [-0.25, -0.2) is 4.79 Å². The summed E-state index contributed by atoms with van der Waals surface area (Å²) in [6.45, 7) is 1.85. The number of nitrogens with one attached hydrogen (secondary N) is 2. The molecule has 1 aliphatic heterocycles. The summed E-state index contributed by atoms with van der Waals surface area (Å²) in [5.41, 5.74) is 1.55. The number of carbonyl (C=O) groups excluding carboxylic acids is 1. The van der Waals surface area contributed by atoms with E-state index in [0.717, 1.165) is 13.1 Å². The summed E-state index contributed by atoms with van der Waals surface area (Å²) in [4.78, 5) is 14.4. The quantitative estimate of drug-likeness (QED) is 0.714. The van der Waals surface area contributed by atoms with Crippen LogP contribution >= 0.6 is 0 Å². The van der Waals surface area contributed by atoms with Crippen molar-refractivity contribution in [2.24, 2.45) is 0 Å². The van der Waals surface area contributed by atoms with E-state index >= 15 is 0 Å². The molecular formula is C21H24F3N3O3. The molecule has 1 heterocycles. The van der Waals surface area contributed by atoms with E-state index in [1.165, 1.54) is 23.8 Å². The van der Waals surface area contributed by atoms with Gasteiger partial charge in [-0.15, -0.1) is 0 Å². The Balaban J connectivity index is 1.43. The lowest BCUT2D eigenvalue weighted by molar-refractivity contribution is -0.153. The number of alkyl halides is 3. The van der Waals surface area contributed by atoms with Crippen molar-refractivity contribution < 1.29 is 27.4 Å². The van der Waals surface area contributed by atoms with Crippen LogP contribution in [0.1, 0.15) is 5.56 Å². The van der Waals surface area contributed by atoms with Crippen LogP contribution in [0, 0.1) is 0 Å². The lowest BCUT2D eigenvalue weighted by Gasteiger charge is -2.33. The van der Waals surface area contributed by atoms with E-state index in [0.29, 0.717) is 25.4 Å². The first-order chi connectivity index (χ1) is 14.4. The maximum absolute atomic E-state index is 12.3. The molecule has 2 N–H and O–H groups in total. The number of ether oxygens (including phenoxy) is 2. The highest BCUT2D eigenvalue weighted by Crippen LogP contribution is 2.21. The summed E-state index contributed by atoms with van der Waals surface area (Å²) in [7, 11) is 0. The Labute approximate surface area is 173 Å². The molecule has 0 radical (unpaired) electrons. The summed E-state index contributed by atoms with van der Waals surface area (Å²) in [6.07, 6.45) is -4.57. The fourth-order valence-electron chi connectivity index (χ4n) is 3.10. The topological polar surface area (TPSA) is 62.8 Å². The van der Waals surface area contributed by atoms with Crippen LogP contribution in [0.2, 0.25) is 0 Å². The monoisotopic (exact) mass is 423 g/mol. The Hall–Kier alpha value is -2.78. The second-order valence-corrected chi connectivity index (χ2v) is 6.98. The van der Waals surface area contributed by atoms with Crippen molar-refractivity contribution in [3.63, 3.8) is 0 Å². The molecule has 1 atom stereocenters. The number of rotatable bonds is 7. The molecule has 0 saturated carbocycles. The molecule has 0 aromatic heterocycles. The van der Waals surface area contributed by atoms with Crippen LogP contribution in [0.3, 0.4) is 0 Å². The fraction of sp³-hybridized carbons (Fsp3) is 0.381. The molecule has 1 aliphatic rings. The number of halogens is 3. The molecular weight excluding hydrogens is 399 g/mol. The average molecular weight is 423 g/mol. The minimum Gasteiger partial charge on any atom is -0.484 e. The van der Waals surface area contributed by atoms with Crippen molar-refractivity contribution in [1.29, 1.82) is 0 Å². The number of nitrogens with zero attached hydrogens (tertiary/aromatic N) is 1. The molecule has 1 saturated heterocycles. The van der Waals surface area contributed by atoms with E-state index in [9.17, 15) is 18.0 Å². The minimum absolute atomic E-state index is 0.0253. The van der Waals surface area contributed by atoms with Gasteiger partial charge in [0.2, 0.25) is 0 Å². The maximum atomic E-state index is 12.3. The number of anilines is 1. The third-order valence-corrected chi connectivity index (χ3v) is 4.46. The molecule has 6 nitrogen and oxygen atoms in total. The highest BCUT2D eigenvalue weighted by Gasteiger charge is 2.28. The van der Waals surface area contributed by atoms with Gasteiger partial charge in [-0.3, -0.25) is 4.90 Å². The van der Waals surface area contributed by atoms with Crippen LogP contribution in [-0.4, -0.2) is 56.1 Å². The molecule has 3 rings (SSSR count). The molecule has 2 aromatic carbocycles. The summed E-state index contributed by atoms with van der Waals surface area (Å²) in [6, 6.07) is 15.5. The zero-order valence-corrected chi connectivity index (χ0v) is 16.3. The van der Waals surface area contributed by atoms with Crippen LogP contribution < -0.4 is 15.4 Å². The SMILES string of the molecule is O=C(NCC1CN(Cc2ccccc2)CCO1)Nc1cccc(OCC(F)(F)F)c1. The summed E-state index contributed by atoms with van der Waals surface area (Å²) >= 11 is 0. The molecule has 1 fully saturated rings.